The van der Waals surface area contributed by atoms with Crippen molar-refractivity contribution in [2.45, 2.75) is 6.92 Å². The molecule has 27 heavy (non-hydrogen) atoms. The normalized spacial score (nSPS) is 9.89. The maximum absolute atomic E-state index is 12.1. The van der Waals surface area contributed by atoms with Crippen molar-refractivity contribution >= 4 is 52.4 Å². The molecule has 0 saturated carbocycles. The van der Waals surface area contributed by atoms with Crippen LogP contribution in [0.3, 0.4) is 0 Å². The number of methoxy groups -OCH3 is 1. The zero-order chi connectivity index (χ0) is 20.0. The molecule has 0 saturated heterocycles. The van der Waals surface area contributed by atoms with Crippen molar-refractivity contribution in [2.24, 2.45) is 0 Å². The topological polar surface area (TPSA) is 114 Å². The summed E-state index contributed by atoms with van der Waals surface area (Å²) in [6, 6.07) is 10.4. The summed E-state index contributed by atoms with van der Waals surface area (Å²) in [6.45, 7) is 1.35. The van der Waals surface area contributed by atoms with Crippen LogP contribution in [0.4, 0.5) is 17.1 Å². The van der Waals surface area contributed by atoms with Crippen molar-refractivity contribution in [1.29, 1.82) is 0 Å². The van der Waals surface area contributed by atoms with Crippen LogP contribution in [0, 0.1) is 0 Å². The van der Waals surface area contributed by atoms with Crippen LogP contribution in [0.2, 0.25) is 5.02 Å². The lowest BCUT2D eigenvalue weighted by Gasteiger charge is -2.10. The molecular weight excluding hydrogens is 374 g/mol. The fourth-order valence-corrected chi connectivity index (χ4v) is 2.28. The Morgan fingerprint density at radius 1 is 0.889 bits per heavy atom. The monoisotopic (exact) mass is 389 g/mol. The molecule has 2 aromatic carbocycles. The van der Waals surface area contributed by atoms with Crippen LogP contribution in [0.15, 0.2) is 42.5 Å². The standard InChI is InChI=1S/C18H16ClN3O5/c1-10(23)20-12-4-3-5-13(9-12)21-16(24)17(25)22-15-8-11(18(26)27-2)6-7-14(15)19/h3-9H,1-2H3,(H,20,23)(H,21,24)(H,22,25). The smallest absolute Gasteiger partial charge is 0.337 e. The first kappa shape index (κ1) is 19.9. The van der Waals surface area contributed by atoms with E-state index in [2.05, 4.69) is 20.7 Å². The van der Waals surface area contributed by atoms with Gasteiger partial charge >= 0.3 is 17.8 Å². The highest BCUT2D eigenvalue weighted by Gasteiger charge is 2.17. The van der Waals surface area contributed by atoms with E-state index in [9.17, 15) is 19.2 Å². The largest absolute Gasteiger partial charge is 0.465 e. The minimum absolute atomic E-state index is 0.0895. The minimum atomic E-state index is -0.983. The Hall–Kier alpha value is -3.39. The molecule has 0 spiro atoms. The van der Waals surface area contributed by atoms with Gasteiger partial charge < -0.3 is 20.7 Å². The lowest BCUT2D eigenvalue weighted by atomic mass is 10.2. The summed E-state index contributed by atoms with van der Waals surface area (Å²) < 4.78 is 4.60. The van der Waals surface area contributed by atoms with Crippen molar-refractivity contribution in [3.8, 4) is 0 Å². The Kier molecular flexibility index (Phi) is 6.51. The molecule has 3 amide bonds. The van der Waals surface area contributed by atoms with Gasteiger partial charge in [-0.05, 0) is 36.4 Å². The fourth-order valence-electron chi connectivity index (χ4n) is 2.11. The molecule has 0 atom stereocenters. The molecule has 0 aliphatic carbocycles. The van der Waals surface area contributed by atoms with Gasteiger partial charge in [0, 0.05) is 18.3 Å². The summed E-state index contributed by atoms with van der Waals surface area (Å²) >= 11 is 5.98. The van der Waals surface area contributed by atoms with Gasteiger partial charge in [-0.15, -0.1) is 0 Å². The van der Waals surface area contributed by atoms with Gasteiger partial charge in [0.25, 0.3) is 0 Å². The molecule has 9 heteroatoms. The lowest BCUT2D eigenvalue weighted by Crippen LogP contribution is -2.29. The number of hydrogen-bond donors (Lipinski definition) is 3. The second kappa shape index (κ2) is 8.81. The van der Waals surface area contributed by atoms with Crippen LogP contribution >= 0.6 is 11.6 Å². The number of esters is 1. The first-order chi connectivity index (χ1) is 12.8. The molecule has 0 heterocycles. The van der Waals surface area contributed by atoms with Crippen LogP contribution in [0.5, 0.6) is 0 Å². The van der Waals surface area contributed by atoms with E-state index in [1.165, 1.54) is 38.3 Å². The molecule has 0 unspecified atom stereocenters. The van der Waals surface area contributed by atoms with Gasteiger partial charge in [-0.2, -0.15) is 0 Å². The first-order valence-electron chi connectivity index (χ1n) is 7.68. The van der Waals surface area contributed by atoms with Gasteiger partial charge in [-0.1, -0.05) is 17.7 Å². The van der Waals surface area contributed by atoms with Crippen molar-refractivity contribution in [3.63, 3.8) is 0 Å². The van der Waals surface area contributed by atoms with E-state index in [1.807, 2.05) is 0 Å². The zero-order valence-electron chi connectivity index (χ0n) is 14.5. The number of anilines is 3. The number of halogens is 1. The van der Waals surface area contributed by atoms with E-state index < -0.39 is 17.8 Å². The van der Waals surface area contributed by atoms with Crippen molar-refractivity contribution in [3.05, 3.63) is 53.1 Å². The van der Waals surface area contributed by atoms with Gasteiger partial charge in [-0.25, -0.2) is 4.79 Å². The fraction of sp³-hybridized carbons (Fsp3) is 0.111. The van der Waals surface area contributed by atoms with Crippen molar-refractivity contribution in [2.75, 3.05) is 23.1 Å². The molecule has 0 bridgehead atoms. The third-order valence-corrected chi connectivity index (χ3v) is 3.61. The molecule has 8 nitrogen and oxygen atoms in total. The van der Waals surface area contributed by atoms with E-state index in [0.717, 1.165) is 0 Å². The summed E-state index contributed by atoms with van der Waals surface area (Å²) in [5, 5.41) is 7.46. The molecule has 140 valence electrons. The molecule has 0 radical (unpaired) electrons. The summed E-state index contributed by atoms with van der Waals surface area (Å²) in [5.74, 6) is -2.81. The minimum Gasteiger partial charge on any atom is -0.465 e. The van der Waals surface area contributed by atoms with Gasteiger partial charge in [0.2, 0.25) is 5.91 Å². The number of amides is 3. The highest BCUT2D eigenvalue weighted by molar-refractivity contribution is 6.44. The number of benzene rings is 2. The highest BCUT2D eigenvalue weighted by Crippen LogP contribution is 2.23. The van der Waals surface area contributed by atoms with E-state index in [4.69, 9.17) is 11.6 Å². The molecule has 0 aromatic heterocycles. The quantitative estimate of drug-likeness (QED) is 0.549. The van der Waals surface area contributed by atoms with Crippen molar-refractivity contribution in [1.82, 2.24) is 0 Å². The Bertz CT molecular complexity index is 914. The average Bonchev–Trinajstić information content (AvgIpc) is 2.62. The Labute approximate surface area is 159 Å². The number of carbonyl (C=O) groups is 4. The summed E-state index contributed by atoms with van der Waals surface area (Å²) in [6.07, 6.45) is 0. The Morgan fingerprint density at radius 3 is 2.15 bits per heavy atom. The van der Waals surface area contributed by atoms with Gasteiger partial charge in [-0.3, -0.25) is 14.4 Å². The summed E-state index contributed by atoms with van der Waals surface area (Å²) in [4.78, 5) is 46.8. The molecule has 0 fully saturated rings. The first-order valence-corrected chi connectivity index (χ1v) is 8.06. The predicted molar refractivity (Wildman–Crippen MR) is 101 cm³/mol. The van der Waals surface area contributed by atoms with Crippen LogP contribution in [-0.2, 0) is 19.1 Å². The van der Waals surface area contributed by atoms with E-state index in [0.29, 0.717) is 11.4 Å². The maximum Gasteiger partial charge on any atom is 0.337 e. The molecule has 2 rings (SSSR count). The number of rotatable bonds is 4. The van der Waals surface area contributed by atoms with Crippen molar-refractivity contribution < 1.29 is 23.9 Å². The van der Waals surface area contributed by atoms with Crippen LogP contribution < -0.4 is 16.0 Å². The van der Waals surface area contributed by atoms with Crippen LogP contribution in [0.1, 0.15) is 17.3 Å². The van der Waals surface area contributed by atoms with E-state index in [1.54, 1.807) is 18.2 Å². The zero-order valence-corrected chi connectivity index (χ0v) is 15.2. The number of ether oxygens (including phenoxy) is 1. The number of hydrogen-bond acceptors (Lipinski definition) is 5. The lowest BCUT2D eigenvalue weighted by molar-refractivity contribution is -0.132. The van der Waals surface area contributed by atoms with Gasteiger partial charge in [0.1, 0.15) is 0 Å². The second-order valence-corrected chi connectivity index (χ2v) is 5.76. The third-order valence-electron chi connectivity index (χ3n) is 3.28. The third kappa shape index (κ3) is 5.55. The maximum atomic E-state index is 12.1. The van der Waals surface area contributed by atoms with Gasteiger partial charge in [0.15, 0.2) is 0 Å². The Balaban J connectivity index is 2.09. The molecular formula is C18H16ClN3O5. The number of nitrogens with one attached hydrogen (secondary N) is 3. The van der Waals surface area contributed by atoms with Crippen LogP contribution in [-0.4, -0.2) is 30.8 Å². The summed E-state index contributed by atoms with van der Waals surface area (Å²) in [5.41, 5.74) is 1.04. The molecule has 0 aliphatic heterocycles. The summed E-state index contributed by atoms with van der Waals surface area (Å²) in [7, 11) is 1.22. The molecule has 3 N–H and O–H groups in total. The van der Waals surface area contributed by atoms with Gasteiger partial charge in [0.05, 0.1) is 23.4 Å². The van der Waals surface area contributed by atoms with E-state index in [-0.39, 0.29) is 22.2 Å². The molecule has 2 aromatic rings. The van der Waals surface area contributed by atoms with E-state index >= 15 is 0 Å². The molecule has 0 aliphatic rings. The SMILES string of the molecule is COC(=O)c1ccc(Cl)c(NC(=O)C(=O)Nc2cccc(NC(C)=O)c2)c1. The average molecular weight is 390 g/mol. The predicted octanol–water partition coefficient (Wildman–Crippen LogP) is 2.66. The highest BCUT2D eigenvalue weighted by atomic mass is 35.5. The van der Waals surface area contributed by atoms with Crippen LogP contribution in [0.25, 0.3) is 0 Å². The second-order valence-electron chi connectivity index (χ2n) is 5.36. The number of carbonyl (C=O) groups excluding carboxylic acids is 4. The Morgan fingerprint density at radius 2 is 1.52 bits per heavy atom.